The number of nitrogens with one attached hydrogen (secondary N) is 2. The molecule has 5 rings (SSSR count). The van der Waals surface area contributed by atoms with Gasteiger partial charge in [0.15, 0.2) is 0 Å². The first kappa shape index (κ1) is 26.0. The highest BCUT2D eigenvalue weighted by Crippen LogP contribution is 2.33. The molecule has 0 aromatic carbocycles. The van der Waals surface area contributed by atoms with E-state index in [4.69, 9.17) is 14.5 Å². The standard InChI is InChI=1S/C25H31N7O5S/c1-38(34,35)31-19-12-21-22(26-16-19)13-23(32-7-10-36-11-8-32)30-24(21)37-20-4-2-18(3-5-20)29-25-27-14-17(6-9-33)15-28-25/h9,12-16,18,20,31H,2-8,10-11H2,1H3,(H,27,28,29)/t18-,20+. The number of fused-ring (bicyclic) bond motifs is 1. The minimum absolute atomic E-state index is 0.0499. The third kappa shape index (κ3) is 6.64. The molecule has 12 nitrogen and oxygen atoms in total. The molecule has 202 valence electrons. The Morgan fingerprint density at radius 2 is 1.82 bits per heavy atom. The number of carbonyl (C=O) groups excluding carboxylic acids is 1. The van der Waals surface area contributed by atoms with Crippen LogP contribution >= 0.6 is 0 Å². The van der Waals surface area contributed by atoms with E-state index < -0.39 is 10.0 Å². The Hall–Kier alpha value is -3.58. The van der Waals surface area contributed by atoms with Crippen molar-refractivity contribution in [3.05, 3.63) is 36.3 Å². The Balaban J connectivity index is 1.31. The number of anilines is 3. The molecule has 1 aliphatic carbocycles. The number of ether oxygens (including phenoxy) is 2. The first-order valence-corrected chi connectivity index (χ1v) is 14.5. The van der Waals surface area contributed by atoms with Crippen LogP contribution < -0.4 is 19.7 Å². The van der Waals surface area contributed by atoms with Crippen molar-refractivity contribution >= 4 is 44.7 Å². The third-order valence-corrected chi connectivity index (χ3v) is 7.19. The first-order valence-electron chi connectivity index (χ1n) is 12.7. The fourth-order valence-corrected chi connectivity index (χ4v) is 5.23. The van der Waals surface area contributed by atoms with Crippen LogP contribution in [0.25, 0.3) is 10.9 Å². The molecule has 3 aromatic rings. The smallest absolute Gasteiger partial charge is 0.229 e. The number of hydrogen-bond donors (Lipinski definition) is 2. The molecule has 4 heterocycles. The normalized spacial score (nSPS) is 20.2. The van der Waals surface area contributed by atoms with Crippen LogP contribution in [0.2, 0.25) is 0 Å². The summed E-state index contributed by atoms with van der Waals surface area (Å²) in [6.45, 7) is 2.70. The van der Waals surface area contributed by atoms with Gasteiger partial charge in [-0.25, -0.2) is 18.4 Å². The predicted molar refractivity (Wildman–Crippen MR) is 143 cm³/mol. The summed E-state index contributed by atoms with van der Waals surface area (Å²) in [5, 5.41) is 4.02. The summed E-state index contributed by atoms with van der Waals surface area (Å²) in [6, 6.07) is 3.83. The topological polar surface area (TPSA) is 149 Å². The molecule has 13 heteroatoms. The Morgan fingerprint density at radius 3 is 2.50 bits per heavy atom. The van der Waals surface area contributed by atoms with Crippen LogP contribution in [0.4, 0.5) is 17.5 Å². The predicted octanol–water partition coefficient (Wildman–Crippen LogP) is 2.17. The fraction of sp³-hybridized carbons (Fsp3) is 0.480. The minimum atomic E-state index is -3.45. The molecule has 0 unspecified atom stereocenters. The van der Waals surface area contributed by atoms with Crippen molar-refractivity contribution in [1.29, 1.82) is 0 Å². The van der Waals surface area contributed by atoms with E-state index in [0.29, 0.717) is 48.1 Å². The summed E-state index contributed by atoms with van der Waals surface area (Å²) in [5.74, 6) is 1.75. The van der Waals surface area contributed by atoms with E-state index >= 15 is 0 Å². The summed E-state index contributed by atoms with van der Waals surface area (Å²) >= 11 is 0. The van der Waals surface area contributed by atoms with Gasteiger partial charge in [0, 0.05) is 44.0 Å². The molecule has 0 amide bonds. The average Bonchev–Trinajstić information content (AvgIpc) is 2.91. The molecule has 0 radical (unpaired) electrons. The number of sulfonamides is 1. The molecule has 2 fully saturated rings. The van der Waals surface area contributed by atoms with Crippen LogP contribution in [-0.4, -0.2) is 79.3 Å². The SMILES string of the molecule is CS(=O)(=O)Nc1cnc2cc(N3CCOCC3)nc(O[C@H]3CC[C@@H](Nc4ncc(CC=O)cn4)CC3)c2c1. The van der Waals surface area contributed by atoms with Gasteiger partial charge in [-0.15, -0.1) is 0 Å². The zero-order valence-corrected chi connectivity index (χ0v) is 22.0. The second kappa shape index (κ2) is 11.4. The van der Waals surface area contributed by atoms with E-state index in [-0.39, 0.29) is 12.1 Å². The number of pyridine rings is 2. The number of aldehydes is 1. The molecule has 1 saturated carbocycles. The molecule has 2 N–H and O–H groups in total. The molecule has 1 aliphatic heterocycles. The highest BCUT2D eigenvalue weighted by molar-refractivity contribution is 7.92. The lowest BCUT2D eigenvalue weighted by atomic mass is 9.93. The summed E-state index contributed by atoms with van der Waals surface area (Å²) in [5.41, 5.74) is 1.82. The monoisotopic (exact) mass is 541 g/mol. The van der Waals surface area contributed by atoms with Crippen LogP contribution in [0.5, 0.6) is 5.88 Å². The maximum atomic E-state index is 11.8. The van der Waals surface area contributed by atoms with Gasteiger partial charge >= 0.3 is 0 Å². The molecule has 0 spiro atoms. The summed E-state index contributed by atoms with van der Waals surface area (Å²) in [6.07, 6.45) is 10.4. The first-order chi connectivity index (χ1) is 18.4. The lowest BCUT2D eigenvalue weighted by Crippen LogP contribution is -2.37. The van der Waals surface area contributed by atoms with Crippen molar-refractivity contribution in [2.45, 2.75) is 44.2 Å². The van der Waals surface area contributed by atoms with E-state index in [0.717, 1.165) is 62.7 Å². The maximum absolute atomic E-state index is 11.8. The van der Waals surface area contributed by atoms with Crippen LogP contribution in [0, 0.1) is 0 Å². The lowest BCUT2D eigenvalue weighted by molar-refractivity contribution is -0.107. The summed E-state index contributed by atoms with van der Waals surface area (Å²) in [4.78, 5) is 30.8. The second-order valence-electron chi connectivity index (χ2n) is 9.57. The van der Waals surface area contributed by atoms with E-state index in [2.05, 4.69) is 29.9 Å². The number of carbonyl (C=O) groups is 1. The highest BCUT2D eigenvalue weighted by atomic mass is 32.2. The lowest BCUT2D eigenvalue weighted by Gasteiger charge is -2.31. The van der Waals surface area contributed by atoms with Crippen LogP contribution in [-0.2, 0) is 26.0 Å². The van der Waals surface area contributed by atoms with E-state index in [1.807, 2.05) is 6.07 Å². The largest absolute Gasteiger partial charge is 0.474 e. The van der Waals surface area contributed by atoms with Gasteiger partial charge in [-0.2, -0.15) is 4.98 Å². The van der Waals surface area contributed by atoms with Gasteiger partial charge in [-0.05, 0) is 37.3 Å². The molecular formula is C25H31N7O5S. The maximum Gasteiger partial charge on any atom is 0.229 e. The van der Waals surface area contributed by atoms with Gasteiger partial charge in [0.2, 0.25) is 21.9 Å². The molecule has 0 atom stereocenters. The van der Waals surface area contributed by atoms with Crippen LogP contribution in [0.1, 0.15) is 31.2 Å². The van der Waals surface area contributed by atoms with Crippen molar-refractivity contribution in [1.82, 2.24) is 19.9 Å². The van der Waals surface area contributed by atoms with Crippen molar-refractivity contribution in [2.75, 3.05) is 47.5 Å². The summed E-state index contributed by atoms with van der Waals surface area (Å²) in [7, 11) is -3.45. The van der Waals surface area contributed by atoms with Crippen molar-refractivity contribution in [3.8, 4) is 5.88 Å². The molecule has 1 saturated heterocycles. The van der Waals surface area contributed by atoms with Gasteiger partial charge in [-0.3, -0.25) is 9.71 Å². The molecule has 38 heavy (non-hydrogen) atoms. The molecule has 2 aliphatic rings. The Labute approximate surface area is 221 Å². The average molecular weight is 542 g/mol. The van der Waals surface area contributed by atoms with E-state index in [1.165, 1.54) is 6.20 Å². The van der Waals surface area contributed by atoms with Crippen molar-refractivity contribution in [3.63, 3.8) is 0 Å². The van der Waals surface area contributed by atoms with Crippen molar-refractivity contribution < 1.29 is 22.7 Å². The second-order valence-corrected chi connectivity index (χ2v) is 11.3. The van der Waals surface area contributed by atoms with E-state index in [1.54, 1.807) is 18.5 Å². The minimum Gasteiger partial charge on any atom is -0.474 e. The van der Waals surface area contributed by atoms with Gasteiger partial charge < -0.3 is 24.5 Å². The van der Waals surface area contributed by atoms with Gasteiger partial charge in [-0.1, -0.05) is 0 Å². The van der Waals surface area contributed by atoms with Gasteiger partial charge in [0.1, 0.15) is 18.2 Å². The Morgan fingerprint density at radius 1 is 1.08 bits per heavy atom. The zero-order valence-electron chi connectivity index (χ0n) is 21.2. The Bertz CT molecular complexity index is 1370. The number of morpholine rings is 1. The van der Waals surface area contributed by atoms with Crippen LogP contribution in [0.3, 0.4) is 0 Å². The van der Waals surface area contributed by atoms with Crippen molar-refractivity contribution in [2.24, 2.45) is 0 Å². The number of nitrogens with zero attached hydrogens (tertiary/aromatic N) is 5. The molecular weight excluding hydrogens is 510 g/mol. The highest BCUT2D eigenvalue weighted by Gasteiger charge is 2.25. The number of rotatable bonds is 9. The third-order valence-electron chi connectivity index (χ3n) is 6.58. The fourth-order valence-electron chi connectivity index (χ4n) is 4.69. The van der Waals surface area contributed by atoms with E-state index in [9.17, 15) is 13.2 Å². The Kier molecular flexibility index (Phi) is 7.84. The van der Waals surface area contributed by atoms with Gasteiger partial charge in [0.25, 0.3) is 0 Å². The zero-order chi connectivity index (χ0) is 26.5. The van der Waals surface area contributed by atoms with Gasteiger partial charge in [0.05, 0.1) is 42.3 Å². The summed E-state index contributed by atoms with van der Waals surface area (Å²) < 4.78 is 38.0. The molecule has 3 aromatic heterocycles. The molecule has 0 bridgehead atoms. The van der Waals surface area contributed by atoms with Crippen LogP contribution in [0.15, 0.2) is 30.7 Å². The number of aromatic nitrogens is 4. The number of hydrogen-bond acceptors (Lipinski definition) is 11. The quantitative estimate of drug-likeness (QED) is 0.384.